The summed E-state index contributed by atoms with van der Waals surface area (Å²) in [7, 11) is 0. The highest BCUT2D eigenvalue weighted by molar-refractivity contribution is 5.11. The third-order valence-corrected chi connectivity index (χ3v) is 0.884. The molecule has 0 fully saturated rings. The lowest BCUT2D eigenvalue weighted by atomic mass is 10.4. The molecule has 0 radical (unpaired) electrons. The van der Waals surface area contributed by atoms with Crippen LogP contribution in [0.1, 0.15) is 6.92 Å². The van der Waals surface area contributed by atoms with Crippen LogP contribution in [0.2, 0.25) is 0 Å². The highest BCUT2D eigenvalue weighted by Gasteiger charge is 2.26. The summed E-state index contributed by atoms with van der Waals surface area (Å²) in [5.41, 5.74) is 0.268. The van der Waals surface area contributed by atoms with Crippen LogP contribution in [0.15, 0.2) is 24.4 Å². The molecular weight excluding hydrogens is 155 g/mol. The molecule has 0 unspecified atom stereocenters. The standard InChI is InChI=1S/C7H10F3N/c1-3-4-6(2)11-5-7(8,9)10/h3-4,11H,2,5H2,1H3/b4-3-. The monoisotopic (exact) mass is 165 g/mol. The van der Waals surface area contributed by atoms with Crippen molar-refractivity contribution < 1.29 is 13.2 Å². The lowest BCUT2D eigenvalue weighted by Crippen LogP contribution is -2.27. The summed E-state index contributed by atoms with van der Waals surface area (Å²) in [6, 6.07) is 0. The van der Waals surface area contributed by atoms with Crippen LogP contribution < -0.4 is 5.32 Å². The highest BCUT2D eigenvalue weighted by Crippen LogP contribution is 2.12. The SMILES string of the molecule is C=C(/C=C\C)NCC(F)(F)F. The molecule has 0 aromatic rings. The minimum atomic E-state index is -4.18. The van der Waals surface area contributed by atoms with E-state index in [1.807, 2.05) is 0 Å². The van der Waals surface area contributed by atoms with E-state index in [-0.39, 0.29) is 5.70 Å². The van der Waals surface area contributed by atoms with Crippen molar-refractivity contribution in [3.8, 4) is 0 Å². The van der Waals surface area contributed by atoms with E-state index in [0.29, 0.717) is 0 Å². The molecular formula is C7H10F3N. The van der Waals surface area contributed by atoms with Gasteiger partial charge in [-0.05, 0) is 13.0 Å². The maximum absolute atomic E-state index is 11.5. The Balaban J connectivity index is 3.63. The van der Waals surface area contributed by atoms with E-state index >= 15 is 0 Å². The molecule has 1 N–H and O–H groups in total. The van der Waals surface area contributed by atoms with Crippen molar-refractivity contribution in [3.63, 3.8) is 0 Å². The van der Waals surface area contributed by atoms with Gasteiger partial charge in [-0.2, -0.15) is 13.2 Å². The van der Waals surface area contributed by atoms with Crippen LogP contribution in [0.5, 0.6) is 0 Å². The van der Waals surface area contributed by atoms with E-state index in [1.165, 1.54) is 6.08 Å². The van der Waals surface area contributed by atoms with Gasteiger partial charge >= 0.3 is 6.18 Å². The van der Waals surface area contributed by atoms with Crippen molar-refractivity contribution >= 4 is 0 Å². The third-order valence-electron chi connectivity index (χ3n) is 0.884. The molecule has 0 atom stereocenters. The fraction of sp³-hybridized carbons (Fsp3) is 0.429. The first-order chi connectivity index (χ1) is 4.95. The fourth-order valence-electron chi connectivity index (χ4n) is 0.474. The highest BCUT2D eigenvalue weighted by atomic mass is 19.4. The Morgan fingerprint density at radius 2 is 2.09 bits per heavy atom. The molecule has 1 nitrogen and oxygen atoms in total. The molecule has 0 aromatic carbocycles. The zero-order valence-corrected chi connectivity index (χ0v) is 6.20. The lowest BCUT2D eigenvalue weighted by molar-refractivity contribution is -0.123. The molecule has 0 aliphatic heterocycles. The van der Waals surface area contributed by atoms with E-state index in [2.05, 4.69) is 11.9 Å². The van der Waals surface area contributed by atoms with Crippen LogP contribution in [0.4, 0.5) is 13.2 Å². The van der Waals surface area contributed by atoms with Crippen LogP contribution in [0, 0.1) is 0 Å². The van der Waals surface area contributed by atoms with Gasteiger partial charge in [-0.1, -0.05) is 12.7 Å². The molecule has 0 aliphatic rings. The van der Waals surface area contributed by atoms with Gasteiger partial charge in [0.2, 0.25) is 0 Å². The summed E-state index contributed by atoms with van der Waals surface area (Å²) < 4.78 is 34.6. The van der Waals surface area contributed by atoms with Crippen LogP contribution in [-0.4, -0.2) is 12.7 Å². The van der Waals surface area contributed by atoms with Crippen LogP contribution in [-0.2, 0) is 0 Å². The molecule has 0 rings (SSSR count). The Bertz CT molecular complexity index is 158. The molecule has 0 saturated heterocycles. The second-order valence-electron chi connectivity index (χ2n) is 1.99. The van der Waals surface area contributed by atoms with Gasteiger partial charge in [-0.25, -0.2) is 0 Å². The smallest absolute Gasteiger partial charge is 0.377 e. The summed E-state index contributed by atoms with van der Waals surface area (Å²) in [5.74, 6) is 0. The molecule has 0 aromatic heterocycles. The molecule has 0 saturated carbocycles. The molecule has 0 spiro atoms. The van der Waals surface area contributed by atoms with Gasteiger partial charge in [-0.3, -0.25) is 0 Å². The maximum Gasteiger partial charge on any atom is 0.405 e. The van der Waals surface area contributed by atoms with Gasteiger partial charge in [0.05, 0.1) is 0 Å². The predicted octanol–water partition coefficient (Wildman–Crippen LogP) is 2.23. The lowest BCUT2D eigenvalue weighted by Gasteiger charge is -2.08. The number of alkyl halides is 3. The van der Waals surface area contributed by atoms with Crippen LogP contribution >= 0.6 is 0 Å². The van der Waals surface area contributed by atoms with E-state index in [9.17, 15) is 13.2 Å². The Morgan fingerprint density at radius 3 is 2.45 bits per heavy atom. The Morgan fingerprint density at radius 1 is 1.55 bits per heavy atom. The van der Waals surface area contributed by atoms with Crippen molar-refractivity contribution in [2.75, 3.05) is 6.54 Å². The predicted molar refractivity (Wildman–Crippen MR) is 38.0 cm³/mol. The molecule has 0 bridgehead atoms. The number of rotatable bonds is 3. The largest absolute Gasteiger partial charge is 0.405 e. The minimum Gasteiger partial charge on any atom is -0.377 e. The topological polar surface area (TPSA) is 12.0 Å². The molecule has 11 heavy (non-hydrogen) atoms. The first kappa shape index (κ1) is 10.1. The normalized spacial score (nSPS) is 12.0. The van der Waals surface area contributed by atoms with Crippen molar-refractivity contribution in [1.82, 2.24) is 5.32 Å². The average Bonchev–Trinajstić information content (AvgIpc) is 1.83. The summed E-state index contributed by atoms with van der Waals surface area (Å²) in [4.78, 5) is 0. The summed E-state index contributed by atoms with van der Waals surface area (Å²) in [5, 5.41) is 2.12. The van der Waals surface area contributed by atoms with Gasteiger partial charge < -0.3 is 5.32 Å². The average molecular weight is 165 g/mol. The Hall–Kier alpha value is -0.930. The van der Waals surface area contributed by atoms with E-state index in [4.69, 9.17) is 0 Å². The van der Waals surface area contributed by atoms with Crippen molar-refractivity contribution in [1.29, 1.82) is 0 Å². The van der Waals surface area contributed by atoms with Gasteiger partial charge in [0.25, 0.3) is 0 Å². The van der Waals surface area contributed by atoms with Crippen LogP contribution in [0.3, 0.4) is 0 Å². The van der Waals surface area contributed by atoms with Gasteiger partial charge in [0.15, 0.2) is 0 Å². The maximum atomic E-state index is 11.5. The number of halogens is 3. The van der Waals surface area contributed by atoms with Crippen molar-refractivity contribution in [2.24, 2.45) is 0 Å². The number of nitrogens with one attached hydrogen (secondary N) is 1. The first-order valence-electron chi connectivity index (χ1n) is 3.08. The van der Waals surface area contributed by atoms with Gasteiger partial charge in [-0.15, -0.1) is 0 Å². The number of allylic oxidation sites excluding steroid dienone is 2. The second kappa shape index (κ2) is 4.05. The zero-order valence-electron chi connectivity index (χ0n) is 6.20. The molecule has 64 valence electrons. The quantitative estimate of drug-likeness (QED) is 0.632. The van der Waals surface area contributed by atoms with Gasteiger partial charge in [0, 0.05) is 5.70 Å². The third kappa shape index (κ3) is 6.96. The zero-order chi connectivity index (χ0) is 8.91. The van der Waals surface area contributed by atoms with E-state index < -0.39 is 12.7 Å². The molecule has 0 heterocycles. The summed E-state index contributed by atoms with van der Waals surface area (Å²) in [6.45, 7) is 4.03. The molecule has 0 amide bonds. The van der Waals surface area contributed by atoms with E-state index in [0.717, 1.165) is 0 Å². The number of hydrogen-bond acceptors (Lipinski definition) is 1. The van der Waals surface area contributed by atoms with Crippen molar-refractivity contribution in [3.05, 3.63) is 24.4 Å². The van der Waals surface area contributed by atoms with Crippen LogP contribution in [0.25, 0.3) is 0 Å². The Kier molecular flexibility index (Phi) is 3.71. The number of hydrogen-bond donors (Lipinski definition) is 1. The molecule has 4 heteroatoms. The van der Waals surface area contributed by atoms with Crippen molar-refractivity contribution in [2.45, 2.75) is 13.1 Å². The fourth-order valence-corrected chi connectivity index (χ4v) is 0.474. The Labute approximate surface area is 63.6 Å². The summed E-state index contributed by atoms with van der Waals surface area (Å²) >= 11 is 0. The summed E-state index contributed by atoms with van der Waals surface area (Å²) in [6.07, 6.45) is -1.08. The minimum absolute atomic E-state index is 0.268. The van der Waals surface area contributed by atoms with E-state index in [1.54, 1.807) is 13.0 Å². The second-order valence-corrected chi connectivity index (χ2v) is 1.99. The van der Waals surface area contributed by atoms with Gasteiger partial charge in [0.1, 0.15) is 6.54 Å². The first-order valence-corrected chi connectivity index (χ1v) is 3.08. The molecule has 0 aliphatic carbocycles.